The number of hydrogen-bond donors (Lipinski definition) is 8. The Bertz CT molecular complexity index is 1650. The molecule has 19 heteroatoms. The van der Waals surface area contributed by atoms with E-state index in [9.17, 15) is 44.4 Å². The van der Waals surface area contributed by atoms with Crippen LogP contribution in [-0.4, -0.2) is 149 Å². The SMILES string of the molecule is CCCCCC/C=C\CCCCCCCCCC(=O)N[C@H]1[C@H](OC[C@H]2O[C@H](OP(=O)(O)O)[C@H](NC(=O)CC(O)CCCCCCCCCC)[C@@H](OCCCCCCCCCC)[C@@H]2O)O[C@H](CCO)[C@@H](O)[C@@H]1OCC[C@@H](CCCCCCC)OC. The topological polar surface area (TPSA) is 261 Å². The highest BCUT2D eigenvalue weighted by molar-refractivity contribution is 7.46. The summed E-state index contributed by atoms with van der Waals surface area (Å²) in [5.74, 6) is -0.945. The number of allylic oxidation sites excluding steroid dienone is 2. The van der Waals surface area contributed by atoms with Gasteiger partial charge in [0, 0.05) is 33.4 Å². The molecule has 2 heterocycles. The second kappa shape index (κ2) is 51.2. The number of amides is 2. The van der Waals surface area contributed by atoms with Crippen LogP contribution in [0.25, 0.3) is 0 Å². The molecule has 18 nitrogen and oxygen atoms in total. The maximum absolute atomic E-state index is 13.9. The molecular weight excluding hydrogens is 1100 g/mol. The standard InChI is InChI=1S/C65H125N2O16P/c1-6-10-14-18-21-24-25-26-27-28-29-30-32-36-40-44-56(70)66-58-62(79-49-46-53(77-5)43-39-34-17-13-9-4)60(72)54(45-47-68)81-64(58)80-51-55-61(73)63(78-48-41-37-33-23-20-16-12-8-3)59(65(82-55)83-84(74,75)76)67-57(71)50-52(69)42-38-35-31-22-19-15-11-7-2/h24-25,52-55,58-65,68-69,72-73H,6-23,26-51H2,1-5H3,(H,66,70)(H,67,71)(H2,74,75,76)/b25-24-/t52?,53-,54-,55-,58-,59-,60-,61-,62-,63-,64-,65-/m1/s1. The molecule has 0 spiro atoms. The van der Waals surface area contributed by atoms with Crippen LogP contribution in [0.5, 0.6) is 0 Å². The van der Waals surface area contributed by atoms with Crippen molar-refractivity contribution in [3.8, 4) is 0 Å². The first-order valence-corrected chi connectivity index (χ1v) is 35.6. The molecule has 2 aliphatic rings. The second-order valence-electron chi connectivity index (χ2n) is 24.1. The van der Waals surface area contributed by atoms with Gasteiger partial charge in [0.05, 0.1) is 31.3 Å². The predicted molar refractivity (Wildman–Crippen MR) is 332 cm³/mol. The first kappa shape index (κ1) is 78.5. The summed E-state index contributed by atoms with van der Waals surface area (Å²) < 4.78 is 55.5. The van der Waals surface area contributed by atoms with Crippen LogP contribution < -0.4 is 10.6 Å². The highest BCUT2D eigenvalue weighted by Crippen LogP contribution is 2.41. The monoisotopic (exact) mass is 1220 g/mol. The Balaban J connectivity index is 2.33. The van der Waals surface area contributed by atoms with E-state index < -0.39 is 87.7 Å². The Kier molecular flexibility index (Phi) is 47.8. The molecule has 0 bridgehead atoms. The third-order valence-electron chi connectivity index (χ3n) is 16.6. The average molecular weight is 1220 g/mol. The molecule has 0 saturated carbocycles. The van der Waals surface area contributed by atoms with Gasteiger partial charge in [-0.25, -0.2) is 4.57 Å². The molecule has 0 aromatic rings. The lowest BCUT2D eigenvalue weighted by Gasteiger charge is -2.47. The third-order valence-corrected chi connectivity index (χ3v) is 17.1. The predicted octanol–water partition coefficient (Wildman–Crippen LogP) is 12.6. The van der Waals surface area contributed by atoms with Crippen molar-refractivity contribution in [3.63, 3.8) is 0 Å². The largest absolute Gasteiger partial charge is 0.472 e. The summed E-state index contributed by atoms with van der Waals surface area (Å²) in [7, 11) is -3.65. The van der Waals surface area contributed by atoms with Crippen molar-refractivity contribution < 1.29 is 77.3 Å². The quantitative estimate of drug-likeness (QED) is 0.0160. The molecule has 0 aromatic heterocycles. The molecule has 496 valence electrons. The highest BCUT2D eigenvalue weighted by Gasteiger charge is 2.51. The first-order chi connectivity index (χ1) is 40.7. The zero-order valence-electron chi connectivity index (χ0n) is 53.4. The fraction of sp³-hybridized carbons (Fsp3) is 0.938. The molecular formula is C65H125N2O16P. The minimum atomic E-state index is -5.32. The number of hydrogen-bond acceptors (Lipinski definition) is 14. The fourth-order valence-corrected chi connectivity index (χ4v) is 11.9. The Hall–Kier alpha value is -1.61. The number of aliphatic hydroxyl groups excluding tert-OH is 4. The van der Waals surface area contributed by atoms with Gasteiger partial charge in [0.25, 0.3) is 0 Å². The van der Waals surface area contributed by atoms with E-state index in [0.29, 0.717) is 25.7 Å². The molecule has 2 saturated heterocycles. The molecule has 2 aliphatic heterocycles. The summed E-state index contributed by atoms with van der Waals surface area (Å²) in [5.41, 5.74) is 0. The van der Waals surface area contributed by atoms with Crippen molar-refractivity contribution in [1.82, 2.24) is 10.6 Å². The minimum absolute atomic E-state index is 0.000438. The maximum Gasteiger partial charge on any atom is 0.472 e. The van der Waals surface area contributed by atoms with Crippen LogP contribution in [-0.2, 0) is 47.1 Å². The number of phosphoric ester groups is 1. The number of phosphoric acid groups is 1. The van der Waals surface area contributed by atoms with Crippen LogP contribution in [0.15, 0.2) is 12.2 Å². The van der Waals surface area contributed by atoms with E-state index in [0.717, 1.165) is 128 Å². The summed E-state index contributed by atoms with van der Waals surface area (Å²) in [5, 5.41) is 50.9. The van der Waals surface area contributed by atoms with Crippen LogP contribution >= 0.6 is 7.82 Å². The molecule has 0 aliphatic carbocycles. The maximum atomic E-state index is 13.9. The number of aliphatic hydroxyl groups is 4. The minimum Gasteiger partial charge on any atom is -0.396 e. The fourth-order valence-electron chi connectivity index (χ4n) is 11.4. The molecule has 2 amide bonds. The van der Waals surface area contributed by atoms with Crippen molar-refractivity contribution in [2.45, 2.75) is 358 Å². The number of carbonyl (C=O) groups is 2. The molecule has 8 N–H and O–H groups in total. The molecule has 0 radical (unpaired) electrons. The molecule has 84 heavy (non-hydrogen) atoms. The van der Waals surface area contributed by atoms with Crippen molar-refractivity contribution in [3.05, 3.63) is 12.2 Å². The van der Waals surface area contributed by atoms with Gasteiger partial charge in [-0.15, -0.1) is 0 Å². The Morgan fingerprint density at radius 2 is 0.976 bits per heavy atom. The first-order valence-electron chi connectivity index (χ1n) is 34.0. The van der Waals surface area contributed by atoms with Gasteiger partial charge in [0.2, 0.25) is 11.8 Å². The lowest BCUT2D eigenvalue weighted by molar-refractivity contribution is -0.300. The van der Waals surface area contributed by atoms with Crippen LogP contribution in [0.2, 0.25) is 0 Å². The average Bonchev–Trinajstić information content (AvgIpc) is 1.96. The summed E-state index contributed by atoms with van der Waals surface area (Å²) >= 11 is 0. The highest BCUT2D eigenvalue weighted by atomic mass is 31.2. The number of methoxy groups -OCH3 is 1. The Labute approximate surface area is 509 Å². The van der Waals surface area contributed by atoms with E-state index in [1.807, 2.05) is 0 Å². The van der Waals surface area contributed by atoms with E-state index in [2.05, 4.69) is 50.5 Å². The van der Waals surface area contributed by atoms with Crippen molar-refractivity contribution in [1.29, 1.82) is 0 Å². The number of carbonyl (C=O) groups excluding carboxylic acids is 2. The summed E-state index contributed by atoms with van der Waals surface area (Å²) in [4.78, 5) is 48.1. The molecule has 0 aromatic carbocycles. The third kappa shape index (κ3) is 37.4. The van der Waals surface area contributed by atoms with E-state index in [1.54, 1.807) is 7.11 Å². The van der Waals surface area contributed by atoms with Gasteiger partial charge in [-0.3, -0.25) is 14.1 Å². The summed E-state index contributed by atoms with van der Waals surface area (Å²) in [6.45, 7) is 8.24. The number of nitrogens with one attached hydrogen (secondary N) is 2. The van der Waals surface area contributed by atoms with E-state index in [-0.39, 0.29) is 51.1 Å². The lowest BCUT2D eigenvalue weighted by Crippen LogP contribution is -2.67. The zero-order valence-corrected chi connectivity index (χ0v) is 54.3. The van der Waals surface area contributed by atoms with Crippen LogP contribution in [0.3, 0.4) is 0 Å². The van der Waals surface area contributed by atoms with Gasteiger partial charge in [-0.05, 0) is 64.2 Å². The Morgan fingerprint density at radius 1 is 0.536 bits per heavy atom. The normalized spacial score (nSPS) is 23.8. The van der Waals surface area contributed by atoms with Gasteiger partial charge >= 0.3 is 7.82 Å². The van der Waals surface area contributed by atoms with E-state index >= 15 is 0 Å². The second-order valence-corrected chi connectivity index (χ2v) is 25.3. The molecule has 2 fully saturated rings. The molecule has 2 rings (SSSR count). The zero-order chi connectivity index (χ0) is 61.5. The van der Waals surface area contributed by atoms with Crippen LogP contribution in [0, 0.1) is 0 Å². The van der Waals surface area contributed by atoms with Crippen LogP contribution in [0.4, 0.5) is 0 Å². The molecule has 12 atom stereocenters. The number of rotatable bonds is 56. The van der Waals surface area contributed by atoms with E-state index in [1.165, 1.54) is 83.5 Å². The van der Waals surface area contributed by atoms with Crippen molar-refractivity contribution in [2.75, 3.05) is 33.5 Å². The van der Waals surface area contributed by atoms with E-state index in [4.69, 9.17) is 32.9 Å². The van der Waals surface area contributed by atoms with Gasteiger partial charge < -0.3 is 69.3 Å². The summed E-state index contributed by atoms with van der Waals surface area (Å²) in [6, 6.07) is -2.52. The van der Waals surface area contributed by atoms with Gasteiger partial charge in [-0.1, -0.05) is 220 Å². The Morgan fingerprint density at radius 3 is 1.51 bits per heavy atom. The van der Waals surface area contributed by atoms with Gasteiger partial charge in [0.15, 0.2) is 12.6 Å². The summed E-state index contributed by atoms with van der Waals surface area (Å²) in [6.07, 6.45) is 31.1. The van der Waals surface area contributed by atoms with Crippen LogP contribution in [0.1, 0.15) is 285 Å². The van der Waals surface area contributed by atoms with Crippen molar-refractivity contribution in [2.24, 2.45) is 0 Å². The number of unbranched alkanes of at least 4 members (excludes halogenated alkanes) is 29. The smallest absolute Gasteiger partial charge is 0.396 e. The number of ether oxygens (including phenoxy) is 6. The van der Waals surface area contributed by atoms with Gasteiger partial charge in [-0.2, -0.15) is 0 Å². The molecule has 1 unspecified atom stereocenters. The lowest BCUT2D eigenvalue weighted by atomic mass is 9.94. The van der Waals surface area contributed by atoms with Crippen molar-refractivity contribution >= 4 is 19.6 Å². The van der Waals surface area contributed by atoms with Gasteiger partial charge in [0.1, 0.15) is 42.6 Å².